The number of carboxylic acids is 1. The van der Waals surface area contributed by atoms with Gasteiger partial charge in [-0.15, -0.1) is 0 Å². The maximum Gasteiger partial charge on any atom is 0.304 e. The predicted molar refractivity (Wildman–Crippen MR) is 81.3 cm³/mol. The van der Waals surface area contributed by atoms with Crippen LogP contribution in [0.1, 0.15) is 39.0 Å². The summed E-state index contributed by atoms with van der Waals surface area (Å²) in [7, 11) is -2.18. The monoisotopic (exact) mass is 321 g/mol. The zero-order chi connectivity index (χ0) is 15.9. The lowest BCUT2D eigenvalue weighted by atomic mass is 10.0. The van der Waals surface area contributed by atoms with Crippen LogP contribution >= 0.6 is 0 Å². The highest BCUT2D eigenvalue weighted by Gasteiger charge is 2.19. The van der Waals surface area contributed by atoms with Gasteiger partial charge in [-0.1, -0.05) is 6.42 Å². The van der Waals surface area contributed by atoms with Crippen LogP contribution < -0.4 is 4.72 Å². The molecule has 1 fully saturated rings. The number of nitrogens with one attached hydrogen (secondary N) is 1. The Hall–Kier alpha value is -0.700. The third-order valence-electron chi connectivity index (χ3n) is 3.90. The molecular formula is C13H27N3O4S. The predicted octanol–water partition coefficient (Wildman–Crippen LogP) is 0.492. The van der Waals surface area contributed by atoms with Crippen LogP contribution in [-0.4, -0.2) is 68.0 Å². The summed E-state index contributed by atoms with van der Waals surface area (Å²) in [6.07, 6.45) is 4.27. The Labute approximate surface area is 127 Å². The molecule has 1 rings (SSSR count). The standard InChI is InChI=1S/C13H27N3O4S/c1-12-6-3-4-9-16(12)10-5-8-14-21(19,20)15(2)11-7-13(17)18/h12,14H,3-11H2,1-2H3,(H,17,18). The van der Waals surface area contributed by atoms with Crippen molar-refractivity contribution in [3.63, 3.8) is 0 Å². The first kappa shape index (κ1) is 18.3. The van der Waals surface area contributed by atoms with Crippen LogP contribution in [0.4, 0.5) is 0 Å². The van der Waals surface area contributed by atoms with Crippen molar-refractivity contribution in [3.8, 4) is 0 Å². The van der Waals surface area contributed by atoms with Crippen LogP contribution in [0, 0.1) is 0 Å². The van der Waals surface area contributed by atoms with Crippen LogP contribution in [0.25, 0.3) is 0 Å². The summed E-state index contributed by atoms with van der Waals surface area (Å²) < 4.78 is 27.3. The highest BCUT2D eigenvalue weighted by Crippen LogP contribution is 2.16. The van der Waals surface area contributed by atoms with Gasteiger partial charge in [-0.2, -0.15) is 12.7 Å². The second-order valence-electron chi connectivity index (χ2n) is 5.60. The number of hydrogen-bond donors (Lipinski definition) is 2. The zero-order valence-corrected chi connectivity index (χ0v) is 13.7. The molecule has 1 aliphatic rings. The smallest absolute Gasteiger partial charge is 0.304 e. The molecule has 124 valence electrons. The van der Waals surface area contributed by atoms with Crippen molar-refractivity contribution < 1.29 is 18.3 Å². The molecule has 0 saturated carbocycles. The van der Waals surface area contributed by atoms with Crippen LogP contribution in [0.3, 0.4) is 0 Å². The van der Waals surface area contributed by atoms with Gasteiger partial charge >= 0.3 is 5.97 Å². The molecule has 0 aromatic heterocycles. The Bertz CT molecular complexity index is 427. The number of piperidine rings is 1. The average molecular weight is 321 g/mol. The number of likely N-dealkylation sites (tertiary alicyclic amines) is 1. The summed E-state index contributed by atoms with van der Waals surface area (Å²) in [5.74, 6) is -1.00. The Morgan fingerprint density at radius 3 is 2.76 bits per heavy atom. The topological polar surface area (TPSA) is 90.0 Å². The minimum atomic E-state index is -3.57. The van der Waals surface area contributed by atoms with E-state index in [1.807, 2.05) is 0 Å². The fourth-order valence-corrected chi connectivity index (χ4v) is 3.41. The van der Waals surface area contributed by atoms with Crippen molar-refractivity contribution in [2.45, 2.75) is 45.1 Å². The fraction of sp³-hybridized carbons (Fsp3) is 0.923. The molecule has 1 atom stereocenters. The van der Waals surface area contributed by atoms with Gasteiger partial charge in [0.15, 0.2) is 0 Å². The third kappa shape index (κ3) is 6.73. The molecule has 0 radical (unpaired) electrons. The van der Waals surface area contributed by atoms with Crippen molar-refractivity contribution >= 4 is 16.2 Å². The Balaban J connectivity index is 2.25. The molecule has 2 N–H and O–H groups in total. The van der Waals surface area contributed by atoms with Crippen LogP contribution in [0.2, 0.25) is 0 Å². The zero-order valence-electron chi connectivity index (χ0n) is 12.9. The molecule has 0 bridgehead atoms. The lowest BCUT2D eigenvalue weighted by Gasteiger charge is -2.33. The largest absolute Gasteiger partial charge is 0.481 e. The van der Waals surface area contributed by atoms with Gasteiger partial charge in [-0.3, -0.25) is 4.79 Å². The van der Waals surface area contributed by atoms with Gasteiger partial charge in [-0.25, -0.2) is 4.72 Å². The van der Waals surface area contributed by atoms with Crippen LogP contribution in [0.15, 0.2) is 0 Å². The molecule has 1 unspecified atom stereocenters. The molecule has 0 aromatic rings. The first-order valence-corrected chi connectivity index (χ1v) is 8.93. The van der Waals surface area contributed by atoms with Gasteiger partial charge in [-0.05, 0) is 39.3 Å². The van der Waals surface area contributed by atoms with E-state index in [1.54, 1.807) is 0 Å². The van der Waals surface area contributed by atoms with E-state index in [2.05, 4.69) is 16.5 Å². The SMILES string of the molecule is CC1CCCCN1CCCNS(=O)(=O)N(C)CCC(=O)O. The molecule has 7 nitrogen and oxygen atoms in total. The second-order valence-corrected chi connectivity index (χ2v) is 7.46. The first-order valence-electron chi connectivity index (χ1n) is 7.49. The van der Waals surface area contributed by atoms with E-state index in [4.69, 9.17) is 5.11 Å². The van der Waals surface area contributed by atoms with E-state index in [0.29, 0.717) is 12.6 Å². The molecule has 0 aliphatic carbocycles. The maximum atomic E-state index is 11.9. The van der Waals surface area contributed by atoms with Gasteiger partial charge in [0.1, 0.15) is 0 Å². The molecule has 0 aromatic carbocycles. The molecule has 0 amide bonds. The first-order chi connectivity index (χ1) is 9.83. The van der Waals surface area contributed by atoms with Crippen molar-refractivity contribution in [1.82, 2.24) is 13.9 Å². The summed E-state index contributed by atoms with van der Waals surface area (Å²) >= 11 is 0. The van der Waals surface area contributed by atoms with Crippen molar-refractivity contribution in [2.75, 3.05) is 33.2 Å². The van der Waals surface area contributed by atoms with Crippen molar-refractivity contribution in [3.05, 3.63) is 0 Å². The summed E-state index contributed by atoms with van der Waals surface area (Å²) in [6.45, 7) is 4.55. The van der Waals surface area contributed by atoms with Crippen LogP contribution in [-0.2, 0) is 15.0 Å². The number of aliphatic carboxylic acids is 1. The second kappa shape index (κ2) is 8.67. The van der Waals surface area contributed by atoms with Gasteiger partial charge < -0.3 is 10.0 Å². The highest BCUT2D eigenvalue weighted by atomic mass is 32.2. The molecule has 8 heteroatoms. The number of rotatable bonds is 9. The lowest BCUT2D eigenvalue weighted by Crippen LogP contribution is -2.42. The summed E-state index contributed by atoms with van der Waals surface area (Å²) in [5, 5.41) is 8.56. The van der Waals surface area contributed by atoms with E-state index in [0.717, 1.165) is 23.8 Å². The van der Waals surface area contributed by atoms with E-state index in [1.165, 1.54) is 26.3 Å². The number of nitrogens with zero attached hydrogens (tertiary/aromatic N) is 2. The van der Waals surface area contributed by atoms with E-state index in [9.17, 15) is 13.2 Å². The fourth-order valence-electron chi connectivity index (χ4n) is 2.46. The van der Waals surface area contributed by atoms with E-state index in [-0.39, 0.29) is 13.0 Å². The molecule has 1 aliphatic heterocycles. The summed E-state index contributed by atoms with van der Waals surface area (Å²) in [6, 6.07) is 0.577. The van der Waals surface area contributed by atoms with Crippen LogP contribution in [0.5, 0.6) is 0 Å². The summed E-state index contributed by atoms with van der Waals surface area (Å²) in [5.41, 5.74) is 0. The normalized spacial score (nSPS) is 20.8. The average Bonchev–Trinajstić information content (AvgIpc) is 2.42. The Morgan fingerprint density at radius 1 is 1.43 bits per heavy atom. The maximum absolute atomic E-state index is 11.9. The number of carbonyl (C=O) groups is 1. The minimum Gasteiger partial charge on any atom is -0.481 e. The van der Waals surface area contributed by atoms with Crippen molar-refractivity contribution in [1.29, 1.82) is 0 Å². The van der Waals surface area contributed by atoms with Gasteiger partial charge in [0.25, 0.3) is 10.2 Å². The third-order valence-corrected chi connectivity index (χ3v) is 5.47. The number of hydrogen-bond acceptors (Lipinski definition) is 4. The van der Waals surface area contributed by atoms with Crippen molar-refractivity contribution in [2.24, 2.45) is 0 Å². The molecule has 0 spiro atoms. The Kier molecular flexibility index (Phi) is 7.58. The molecular weight excluding hydrogens is 294 g/mol. The molecule has 1 heterocycles. The summed E-state index contributed by atoms with van der Waals surface area (Å²) in [4.78, 5) is 12.8. The van der Waals surface area contributed by atoms with E-state index >= 15 is 0 Å². The molecule has 21 heavy (non-hydrogen) atoms. The Morgan fingerprint density at radius 2 is 2.14 bits per heavy atom. The highest BCUT2D eigenvalue weighted by molar-refractivity contribution is 7.87. The quantitative estimate of drug-likeness (QED) is 0.603. The number of carboxylic acid groups (broad SMARTS) is 1. The van der Waals surface area contributed by atoms with Gasteiger partial charge in [0.05, 0.1) is 6.42 Å². The minimum absolute atomic E-state index is 0.0200. The van der Waals surface area contributed by atoms with Gasteiger partial charge in [0, 0.05) is 26.2 Å². The lowest BCUT2D eigenvalue weighted by molar-refractivity contribution is -0.137. The van der Waals surface area contributed by atoms with Gasteiger partial charge in [0.2, 0.25) is 0 Å². The van der Waals surface area contributed by atoms with E-state index < -0.39 is 16.2 Å². The molecule has 1 saturated heterocycles.